The summed E-state index contributed by atoms with van der Waals surface area (Å²) in [5, 5.41) is 25.5. The summed E-state index contributed by atoms with van der Waals surface area (Å²) < 4.78 is 2.13. The van der Waals surface area contributed by atoms with Crippen LogP contribution in [0.3, 0.4) is 0 Å². The van der Waals surface area contributed by atoms with Crippen molar-refractivity contribution in [2.24, 2.45) is 0 Å². The summed E-state index contributed by atoms with van der Waals surface area (Å²) in [4.78, 5) is 20.5. The quantitative estimate of drug-likeness (QED) is 0.334. The van der Waals surface area contributed by atoms with Crippen molar-refractivity contribution in [3.8, 4) is 0 Å². The van der Waals surface area contributed by atoms with E-state index in [2.05, 4.69) is 4.30 Å². The van der Waals surface area contributed by atoms with Gasteiger partial charge in [0.2, 0.25) is 5.91 Å². The highest BCUT2D eigenvalue weighted by molar-refractivity contribution is 6.15. The van der Waals surface area contributed by atoms with E-state index in [-0.39, 0.29) is 0 Å². The molecule has 4 N–H and O–H groups in total. The van der Waals surface area contributed by atoms with E-state index in [1.165, 1.54) is 0 Å². The van der Waals surface area contributed by atoms with Gasteiger partial charge in [-0.2, -0.15) is 0 Å². The molecule has 0 aromatic heterocycles. The average molecular weight is 177 g/mol. The second-order valence-electron chi connectivity index (χ2n) is 1.84. The van der Waals surface area contributed by atoms with Gasteiger partial charge in [-0.15, -0.1) is 0 Å². The summed E-state index contributed by atoms with van der Waals surface area (Å²) in [5.41, 5.74) is 0. The van der Waals surface area contributed by atoms with Crippen molar-refractivity contribution in [3.05, 3.63) is 0 Å². The van der Waals surface area contributed by atoms with Gasteiger partial charge in [0.25, 0.3) is 0 Å². The number of nitrogens with one attached hydrogen (secondary N) is 1. The molecule has 2 atom stereocenters. The van der Waals surface area contributed by atoms with Crippen molar-refractivity contribution in [2.75, 3.05) is 0 Å². The summed E-state index contributed by atoms with van der Waals surface area (Å²) in [6, 6.07) is 0. The van der Waals surface area contributed by atoms with Crippen LogP contribution in [0.15, 0.2) is 0 Å². The van der Waals surface area contributed by atoms with Gasteiger partial charge in [0.1, 0.15) is 0 Å². The predicted molar refractivity (Wildman–Crippen MR) is 36.3 cm³/mol. The fraction of sp³-hybridized carbons (Fsp3) is 0.500. The van der Waals surface area contributed by atoms with E-state index in [1.54, 1.807) is 0 Å². The van der Waals surface area contributed by atoms with Crippen LogP contribution in [0.5, 0.6) is 0 Å². The van der Waals surface area contributed by atoms with E-state index in [4.69, 9.17) is 15.3 Å². The Balaban J connectivity index is 4.12. The van der Waals surface area contributed by atoms with E-state index >= 15 is 0 Å². The smallest absolute Gasteiger partial charge is 0.364 e. The van der Waals surface area contributed by atoms with Gasteiger partial charge >= 0.3 is 22.5 Å². The molecule has 0 saturated heterocycles. The van der Waals surface area contributed by atoms with Crippen molar-refractivity contribution in [1.82, 2.24) is 4.30 Å². The van der Waals surface area contributed by atoms with Crippen molar-refractivity contribution >= 4 is 28.4 Å². The molecule has 0 bridgehead atoms. The van der Waals surface area contributed by atoms with Crippen molar-refractivity contribution in [1.29, 1.82) is 0 Å². The summed E-state index contributed by atoms with van der Waals surface area (Å²) in [7, 11) is 0. The molecule has 2 unspecified atom stereocenters. The number of aliphatic hydroxyl groups excluding tert-OH is 2. The fourth-order valence-electron chi connectivity index (χ4n) is 0.426. The van der Waals surface area contributed by atoms with E-state index in [0.717, 1.165) is 0 Å². The number of carbonyl (C=O) groups is 2. The molecule has 0 fully saturated rings. The van der Waals surface area contributed by atoms with Crippen molar-refractivity contribution in [2.45, 2.75) is 12.2 Å². The van der Waals surface area contributed by atoms with Gasteiger partial charge in [-0.3, -0.25) is 4.79 Å². The van der Waals surface area contributed by atoms with Gasteiger partial charge < -0.3 is 19.6 Å². The molecule has 0 aromatic carbocycles. The first kappa shape index (κ1) is 10.4. The summed E-state index contributed by atoms with van der Waals surface area (Å²) in [5.74, 6) is -2.49. The second kappa shape index (κ2) is 4.31. The Kier molecular flexibility index (Phi) is 4.07. The minimum absolute atomic E-state index is 0.299. The lowest BCUT2D eigenvalue weighted by Gasteiger charge is -2.11. The number of carboxylic acids is 1. The van der Waals surface area contributed by atoms with Crippen LogP contribution in [0.4, 0.5) is 0 Å². The molecule has 0 heterocycles. The molecule has 0 radical (unpaired) electrons. The Bertz CT molecular complexity index is 172. The lowest BCUT2D eigenvalue weighted by atomic mass is 10.2. The van der Waals surface area contributed by atoms with Crippen LogP contribution in [-0.2, 0) is 9.59 Å². The van der Waals surface area contributed by atoms with Gasteiger partial charge in [-0.1, -0.05) is 0 Å². The standard InChI is InChI=1S/C4H7NO5.Al.2H/c5-3(8)1(6)2(7)4(9)10;;;/h1-2,6-7H,(H3,5,8,9,10);;;/q;+1;;/p-1. The normalized spacial score (nSPS) is 15.1. The first-order valence-corrected chi connectivity index (χ1v) is 3.81. The Morgan fingerprint density at radius 2 is 1.73 bits per heavy atom. The molecule has 0 aliphatic rings. The zero-order valence-electron chi connectivity index (χ0n) is 5.81. The van der Waals surface area contributed by atoms with Crippen molar-refractivity contribution in [3.63, 3.8) is 0 Å². The zero-order valence-corrected chi connectivity index (χ0v) is 7.81. The van der Waals surface area contributed by atoms with Gasteiger partial charge in [0, 0.05) is 0 Å². The van der Waals surface area contributed by atoms with Crippen molar-refractivity contribution < 1.29 is 24.9 Å². The lowest BCUT2D eigenvalue weighted by molar-refractivity contribution is -0.157. The molecule has 0 aliphatic heterocycles. The number of aliphatic carboxylic acids is 1. The molecule has 62 valence electrons. The number of amides is 1. The maximum atomic E-state index is 10.5. The molecule has 11 heavy (non-hydrogen) atoms. The van der Waals surface area contributed by atoms with E-state index in [9.17, 15) is 9.59 Å². The highest BCUT2D eigenvalue weighted by Crippen LogP contribution is 1.92. The molecular weight excluding hydrogens is 169 g/mol. The first-order chi connectivity index (χ1) is 5.00. The zero-order chi connectivity index (χ0) is 9.02. The number of rotatable bonds is 3. The van der Waals surface area contributed by atoms with E-state index in [1.807, 2.05) is 0 Å². The maximum Gasteiger partial charge on any atom is 0.364 e. The van der Waals surface area contributed by atoms with Gasteiger partial charge in [-0.05, 0) is 0 Å². The SMILES string of the molecule is O=C(O)C(O)C(O)C(=O)[NH][AlH2]. The van der Waals surface area contributed by atoms with E-state index in [0.29, 0.717) is 16.5 Å². The van der Waals surface area contributed by atoms with Gasteiger partial charge in [0.05, 0.1) is 0 Å². The molecule has 0 rings (SSSR count). The van der Waals surface area contributed by atoms with Crippen LogP contribution >= 0.6 is 0 Å². The Labute approximate surface area is 70.5 Å². The number of hydrogen-bond acceptors (Lipinski definition) is 4. The third kappa shape index (κ3) is 2.86. The van der Waals surface area contributed by atoms with Crippen LogP contribution in [0.2, 0.25) is 0 Å². The third-order valence-electron chi connectivity index (χ3n) is 1.07. The highest BCUT2D eigenvalue weighted by atomic mass is 27.1. The Hall–Kier alpha value is -0.608. The maximum absolute atomic E-state index is 10.5. The molecular formula is C4H8AlNO5. The summed E-state index contributed by atoms with van der Waals surface area (Å²) in [6.45, 7) is 0. The average Bonchev–Trinajstić information content (AvgIpc) is 2.00. The molecule has 0 saturated carbocycles. The molecule has 1 amide bonds. The van der Waals surface area contributed by atoms with Crippen LogP contribution in [0, 0.1) is 0 Å². The predicted octanol–water partition coefficient (Wildman–Crippen LogP) is -3.54. The summed E-state index contributed by atoms with van der Waals surface area (Å²) >= 11 is 0.299. The first-order valence-electron chi connectivity index (χ1n) is 2.81. The van der Waals surface area contributed by atoms with Gasteiger partial charge in [-0.25, -0.2) is 4.79 Å². The summed E-state index contributed by atoms with van der Waals surface area (Å²) in [6.07, 6.45) is -3.94. The largest absolute Gasteiger partial charge is 0.479 e. The lowest BCUT2D eigenvalue weighted by Crippen LogP contribution is -2.44. The monoisotopic (exact) mass is 177 g/mol. The Morgan fingerprint density at radius 3 is 2.00 bits per heavy atom. The molecule has 0 spiro atoms. The highest BCUT2D eigenvalue weighted by Gasteiger charge is 2.28. The molecule has 0 aromatic rings. The third-order valence-corrected chi connectivity index (χ3v) is 1.56. The molecule has 0 aliphatic carbocycles. The van der Waals surface area contributed by atoms with Crippen LogP contribution < -0.4 is 4.30 Å². The number of aliphatic hydroxyl groups is 2. The topological polar surface area (TPSA) is 107 Å². The minimum Gasteiger partial charge on any atom is -0.479 e. The van der Waals surface area contributed by atoms with E-state index < -0.39 is 24.1 Å². The van der Waals surface area contributed by atoms with Crippen LogP contribution in [-0.4, -0.2) is 55.9 Å². The Morgan fingerprint density at radius 1 is 1.27 bits per heavy atom. The van der Waals surface area contributed by atoms with Crippen LogP contribution in [0.1, 0.15) is 0 Å². The number of carboxylic acid groups (broad SMARTS) is 1. The molecule has 6 nitrogen and oxygen atoms in total. The second-order valence-corrected chi connectivity index (χ2v) is 2.34. The minimum atomic E-state index is -2.05. The fourth-order valence-corrected chi connectivity index (χ4v) is 0.722. The van der Waals surface area contributed by atoms with Gasteiger partial charge in [0.15, 0.2) is 12.2 Å². The molecule has 7 heteroatoms. The number of hydrogen-bond donors (Lipinski definition) is 4. The van der Waals surface area contributed by atoms with Crippen LogP contribution in [0.25, 0.3) is 0 Å². The number of carbonyl (C=O) groups excluding carboxylic acids is 1.